The summed E-state index contributed by atoms with van der Waals surface area (Å²) < 4.78 is 17.6. The summed E-state index contributed by atoms with van der Waals surface area (Å²) in [5.41, 5.74) is 0. The van der Waals surface area contributed by atoms with Crippen LogP contribution in [-0.2, 0) is 20.3 Å². The zero-order chi connectivity index (χ0) is 13.4. The molecule has 0 radical (unpaired) electrons. The van der Waals surface area contributed by atoms with Crippen LogP contribution in [0.15, 0.2) is 0 Å². The number of carbonyl (C=O) groups excluding carboxylic acids is 1. The third-order valence-corrected chi connectivity index (χ3v) is 4.63. The predicted octanol–water partition coefficient (Wildman–Crippen LogP) is 0.0283. The first kappa shape index (κ1) is 15.6. The SMILES string of the molecule is CCCNC1CCOCC1S(=O)CC(=O)NCC. The summed E-state index contributed by atoms with van der Waals surface area (Å²) >= 11 is 0. The van der Waals surface area contributed by atoms with Gasteiger partial charge in [-0.25, -0.2) is 0 Å². The van der Waals surface area contributed by atoms with Crippen LogP contribution in [0.5, 0.6) is 0 Å². The van der Waals surface area contributed by atoms with E-state index in [2.05, 4.69) is 17.6 Å². The highest BCUT2D eigenvalue weighted by Gasteiger charge is 2.30. The Morgan fingerprint density at radius 2 is 2.22 bits per heavy atom. The Morgan fingerprint density at radius 1 is 1.44 bits per heavy atom. The van der Waals surface area contributed by atoms with Crippen LogP contribution in [-0.4, -0.2) is 53.5 Å². The summed E-state index contributed by atoms with van der Waals surface area (Å²) in [6.07, 6.45) is 1.92. The molecule has 1 aliphatic heterocycles. The second-order valence-corrected chi connectivity index (χ2v) is 6.10. The van der Waals surface area contributed by atoms with Crippen LogP contribution >= 0.6 is 0 Å². The number of amides is 1. The van der Waals surface area contributed by atoms with Crippen molar-refractivity contribution in [2.75, 3.05) is 32.1 Å². The first-order valence-corrected chi connectivity index (χ1v) is 8.02. The fourth-order valence-electron chi connectivity index (χ4n) is 2.02. The quantitative estimate of drug-likeness (QED) is 0.688. The molecule has 1 fully saturated rings. The fourth-order valence-corrected chi connectivity index (χ4v) is 3.44. The largest absolute Gasteiger partial charge is 0.380 e. The van der Waals surface area contributed by atoms with E-state index in [1.807, 2.05) is 6.92 Å². The molecule has 3 unspecified atom stereocenters. The van der Waals surface area contributed by atoms with Gasteiger partial charge in [0.05, 0.1) is 11.9 Å². The standard InChI is InChI=1S/C12H24N2O3S/c1-3-6-14-10-5-7-17-8-11(10)18(16)9-12(15)13-4-2/h10-11,14H,3-9H2,1-2H3,(H,13,15). The van der Waals surface area contributed by atoms with Crippen LogP contribution in [0.4, 0.5) is 0 Å². The molecular weight excluding hydrogens is 252 g/mol. The molecule has 0 aromatic rings. The van der Waals surface area contributed by atoms with E-state index in [-0.39, 0.29) is 23.0 Å². The Bertz CT molecular complexity index is 286. The highest BCUT2D eigenvalue weighted by molar-refractivity contribution is 7.86. The van der Waals surface area contributed by atoms with Gasteiger partial charge in [0.2, 0.25) is 5.91 Å². The average Bonchev–Trinajstić information content (AvgIpc) is 2.36. The molecule has 1 saturated heterocycles. The van der Waals surface area contributed by atoms with Crippen molar-refractivity contribution in [3.8, 4) is 0 Å². The monoisotopic (exact) mass is 276 g/mol. The molecule has 0 aliphatic carbocycles. The maximum absolute atomic E-state index is 12.2. The van der Waals surface area contributed by atoms with Crippen molar-refractivity contribution < 1.29 is 13.7 Å². The van der Waals surface area contributed by atoms with Crippen LogP contribution in [0, 0.1) is 0 Å². The molecule has 1 heterocycles. The van der Waals surface area contributed by atoms with E-state index in [1.165, 1.54) is 0 Å². The Kier molecular flexibility index (Phi) is 7.46. The molecule has 106 valence electrons. The van der Waals surface area contributed by atoms with Gasteiger partial charge in [0.1, 0.15) is 5.75 Å². The Labute approximate surface area is 111 Å². The topological polar surface area (TPSA) is 67.4 Å². The molecule has 5 nitrogen and oxygen atoms in total. The molecule has 3 atom stereocenters. The summed E-state index contributed by atoms with van der Waals surface area (Å²) in [5.74, 6) is -0.0674. The van der Waals surface area contributed by atoms with Gasteiger partial charge in [-0.1, -0.05) is 6.92 Å². The molecule has 1 rings (SSSR count). The lowest BCUT2D eigenvalue weighted by Crippen LogP contribution is -2.50. The van der Waals surface area contributed by atoms with Crippen molar-refractivity contribution in [3.63, 3.8) is 0 Å². The third kappa shape index (κ3) is 5.04. The number of hydrogen-bond donors (Lipinski definition) is 2. The van der Waals surface area contributed by atoms with Crippen molar-refractivity contribution in [3.05, 3.63) is 0 Å². The number of rotatable bonds is 7. The molecule has 6 heteroatoms. The van der Waals surface area contributed by atoms with E-state index in [4.69, 9.17) is 4.74 Å². The maximum Gasteiger partial charge on any atom is 0.232 e. The minimum atomic E-state index is -1.17. The second-order valence-electron chi connectivity index (χ2n) is 4.44. The van der Waals surface area contributed by atoms with E-state index in [0.717, 1.165) is 19.4 Å². The normalized spacial score (nSPS) is 25.7. The van der Waals surface area contributed by atoms with Crippen LogP contribution in [0.1, 0.15) is 26.7 Å². The third-order valence-electron chi connectivity index (χ3n) is 2.95. The van der Waals surface area contributed by atoms with Gasteiger partial charge in [-0.3, -0.25) is 9.00 Å². The lowest BCUT2D eigenvalue weighted by Gasteiger charge is -2.31. The van der Waals surface area contributed by atoms with Crippen molar-refractivity contribution in [1.29, 1.82) is 0 Å². The predicted molar refractivity (Wildman–Crippen MR) is 73.0 cm³/mol. The zero-order valence-corrected chi connectivity index (χ0v) is 12.1. The summed E-state index contributed by atoms with van der Waals surface area (Å²) in [6.45, 7) is 6.64. The Morgan fingerprint density at radius 3 is 2.89 bits per heavy atom. The van der Waals surface area contributed by atoms with Gasteiger partial charge in [0.15, 0.2) is 0 Å². The summed E-state index contributed by atoms with van der Waals surface area (Å²) in [4.78, 5) is 11.5. The smallest absolute Gasteiger partial charge is 0.232 e. The van der Waals surface area contributed by atoms with Crippen LogP contribution in [0.3, 0.4) is 0 Å². The highest BCUT2D eigenvalue weighted by atomic mass is 32.2. The fraction of sp³-hybridized carbons (Fsp3) is 0.917. The lowest BCUT2D eigenvalue weighted by molar-refractivity contribution is -0.118. The molecule has 0 spiro atoms. The summed E-state index contributed by atoms with van der Waals surface area (Å²) in [5, 5.41) is 6.01. The second kappa shape index (κ2) is 8.61. The van der Waals surface area contributed by atoms with Crippen molar-refractivity contribution in [2.24, 2.45) is 0 Å². The molecule has 2 N–H and O–H groups in total. The van der Waals surface area contributed by atoms with Gasteiger partial charge in [0, 0.05) is 30.0 Å². The first-order valence-electron chi connectivity index (χ1n) is 6.64. The molecule has 1 aliphatic rings. The number of nitrogens with one attached hydrogen (secondary N) is 2. The van der Waals surface area contributed by atoms with Crippen molar-refractivity contribution >= 4 is 16.7 Å². The van der Waals surface area contributed by atoms with Crippen LogP contribution in [0.25, 0.3) is 0 Å². The molecule has 0 aromatic carbocycles. The van der Waals surface area contributed by atoms with E-state index in [1.54, 1.807) is 0 Å². The first-order chi connectivity index (χ1) is 8.69. The Balaban J connectivity index is 2.48. The zero-order valence-electron chi connectivity index (χ0n) is 11.2. The van der Waals surface area contributed by atoms with E-state index in [9.17, 15) is 9.00 Å². The van der Waals surface area contributed by atoms with Gasteiger partial charge in [-0.2, -0.15) is 0 Å². The highest BCUT2D eigenvalue weighted by Crippen LogP contribution is 2.14. The summed E-state index contributed by atoms with van der Waals surface area (Å²) in [6, 6.07) is 0.203. The molecule has 18 heavy (non-hydrogen) atoms. The minimum Gasteiger partial charge on any atom is -0.380 e. The van der Waals surface area contributed by atoms with Crippen LogP contribution < -0.4 is 10.6 Å². The summed E-state index contributed by atoms with van der Waals surface area (Å²) in [7, 11) is -1.17. The minimum absolute atomic E-state index is 0.0756. The van der Waals surface area contributed by atoms with Crippen LogP contribution in [0.2, 0.25) is 0 Å². The van der Waals surface area contributed by atoms with Gasteiger partial charge in [-0.15, -0.1) is 0 Å². The number of carbonyl (C=O) groups is 1. The molecule has 0 saturated carbocycles. The maximum atomic E-state index is 12.2. The Hall–Kier alpha value is -0.460. The van der Waals surface area contributed by atoms with Gasteiger partial charge >= 0.3 is 0 Å². The van der Waals surface area contributed by atoms with Crippen molar-refractivity contribution in [2.45, 2.75) is 38.0 Å². The number of hydrogen-bond acceptors (Lipinski definition) is 4. The van der Waals surface area contributed by atoms with Gasteiger partial charge < -0.3 is 15.4 Å². The number of ether oxygens (including phenoxy) is 1. The molecule has 1 amide bonds. The van der Waals surface area contributed by atoms with E-state index >= 15 is 0 Å². The van der Waals surface area contributed by atoms with Crippen molar-refractivity contribution in [1.82, 2.24) is 10.6 Å². The molecule has 0 bridgehead atoms. The molecule has 0 aromatic heterocycles. The average molecular weight is 276 g/mol. The van der Waals surface area contributed by atoms with Gasteiger partial charge in [0.25, 0.3) is 0 Å². The molecular formula is C12H24N2O3S. The lowest BCUT2D eigenvalue weighted by atomic mass is 10.1. The van der Waals surface area contributed by atoms with E-state index < -0.39 is 10.8 Å². The van der Waals surface area contributed by atoms with E-state index in [0.29, 0.717) is 19.8 Å². The van der Waals surface area contributed by atoms with Gasteiger partial charge in [-0.05, 0) is 26.3 Å².